The second kappa shape index (κ2) is 5.57. The molecule has 0 radical (unpaired) electrons. The zero-order valence-corrected chi connectivity index (χ0v) is 11.3. The molecule has 1 saturated carbocycles. The van der Waals surface area contributed by atoms with Crippen molar-refractivity contribution in [3.63, 3.8) is 0 Å². The van der Waals surface area contributed by atoms with Crippen molar-refractivity contribution in [1.29, 1.82) is 0 Å². The third-order valence-corrected chi connectivity index (χ3v) is 4.86. The maximum absolute atomic E-state index is 10.6. The summed E-state index contributed by atoms with van der Waals surface area (Å²) in [5.41, 5.74) is -0.429. The van der Waals surface area contributed by atoms with E-state index in [0.717, 1.165) is 38.8 Å². The van der Waals surface area contributed by atoms with Gasteiger partial charge in [-0.25, -0.2) is 0 Å². The van der Waals surface area contributed by atoms with Crippen molar-refractivity contribution >= 4 is 5.97 Å². The number of carboxylic acid groups (broad SMARTS) is 1. The molecule has 2 aliphatic rings. The summed E-state index contributed by atoms with van der Waals surface area (Å²) in [5, 5.41) is 19.3. The summed E-state index contributed by atoms with van der Waals surface area (Å²) < 4.78 is 0. The van der Waals surface area contributed by atoms with Crippen molar-refractivity contribution in [2.24, 2.45) is 5.92 Å². The standard InChI is InChI=1S/C14H25NO3/c1-11(5-6-13(16)17)15-9-8-14(18)7-3-2-4-12(14)10-15/h11-12,18H,2-10H2,1H3,(H,16,17). The van der Waals surface area contributed by atoms with Crippen LogP contribution in [0.1, 0.15) is 51.9 Å². The molecule has 1 saturated heterocycles. The quantitative estimate of drug-likeness (QED) is 0.805. The average molecular weight is 255 g/mol. The molecular weight excluding hydrogens is 230 g/mol. The van der Waals surface area contributed by atoms with Crippen LogP contribution in [0.3, 0.4) is 0 Å². The molecule has 2 fully saturated rings. The monoisotopic (exact) mass is 255 g/mol. The Kier molecular flexibility index (Phi) is 4.28. The number of fused-ring (bicyclic) bond motifs is 1. The Balaban J connectivity index is 1.87. The van der Waals surface area contributed by atoms with Gasteiger partial charge in [-0.3, -0.25) is 4.79 Å². The van der Waals surface area contributed by atoms with Crippen LogP contribution in [-0.4, -0.2) is 45.8 Å². The van der Waals surface area contributed by atoms with Crippen LogP contribution < -0.4 is 0 Å². The van der Waals surface area contributed by atoms with Crippen LogP contribution in [0.15, 0.2) is 0 Å². The largest absolute Gasteiger partial charge is 0.481 e. The summed E-state index contributed by atoms with van der Waals surface area (Å²) in [6.45, 7) is 3.96. The Hall–Kier alpha value is -0.610. The molecule has 0 amide bonds. The van der Waals surface area contributed by atoms with Gasteiger partial charge in [-0.15, -0.1) is 0 Å². The molecule has 4 heteroatoms. The molecule has 1 aliphatic heterocycles. The third kappa shape index (κ3) is 3.04. The molecule has 4 nitrogen and oxygen atoms in total. The van der Waals surface area contributed by atoms with E-state index in [1.165, 1.54) is 6.42 Å². The fourth-order valence-electron chi connectivity index (χ4n) is 3.51. The minimum Gasteiger partial charge on any atom is -0.481 e. The van der Waals surface area contributed by atoms with Crippen molar-refractivity contribution in [2.75, 3.05) is 13.1 Å². The molecule has 0 aromatic heterocycles. The van der Waals surface area contributed by atoms with E-state index < -0.39 is 11.6 Å². The summed E-state index contributed by atoms with van der Waals surface area (Å²) >= 11 is 0. The van der Waals surface area contributed by atoms with Gasteiger partial charge in [0.05, 0.1) is 5.60 Å². The predicted octanol–water partition coefficient (Wildman–Crippen LogP) is 1.87. The summed E-state index contributed by atoms with van der Waals surface area (Å²) in [6, 6.07) is 0.313. The molecule has 2 rings (SSSR count). The number of aliphatic carboxylic acids is 1. The number of aliphatic hydroxyl groups is 1. The molecule has 0 bridgehead atoms. The third-order valence-electron chi connectivity index (χ3n) is 4.86. The first kappa shape index (κ1) is 13.8. The van der Waals surface area contributed by atoms with Gasteiger partial charge in [0, 0.05) is 31.5 Å². The molecule has 104 valence electrons. The van der Waals surface area contributed by atoms with Gasteiger partial charge in [0.25, 0.3) is 0 Å². The van der Waals surface area contributed by atoms with E-state index in [1.807, 2.05) is 0 Å². The fourth-order valence-corrected chi connectivity index (χ4v) is 3.51. The molecule has 18 heavy (non-hydrogen) atoms. The summed E-state index contributed by atoms with van der Waals surface area (Å²) in [4.78, 5) is 13.0. The Morgan fingerprint density at radius 3 is 2.94 bits per heavy atom. The van der Waals surface area contributed by atoms with Crippen LogP contribution in [0.2, 0.25) is 0 Å². The first-order valence-electron chi connectivity index (χ1n) is 7.19. The first-order valence-corrected chi connectivity index (χ1v) is 7.19. The van der Waals surface area contributed by atoms with Crippen LogP contribution in [0.25, 0.3) is 0 Å². The van der Waals surface area contributed by atoms with Gasteiger partial charge < -0.3 is 15.1 Å². The highest BCUT2D eigenvalue weighted by Gasteiger charge is 2.43. The van der Waals surface area contributed by atoms with Crippen LogP contribution in [0.5, 0.6) is 0 Å². The number of carboxylic acids is 1. The van der Waals surface area contributed by atoms with Gasteiger partial charge in [-0.1, -0.05) is 12.8 Å². The normalized spacial score (nSPS) is 34.9. The van der Waals surface area contributed by atoms with Gasteiger partial charge in [-0.2, -0.15) is 0 Å². The minimum atomic E-state index is -0.715. The number of hydrogen-bond donors (Lipinski definition) is 2. The molecule has 0 aromatic carbocycles. The zero-order valence-electron chi connectivity index (χ0n) is 11.3. The van der Waals surface area contributed by atoms with Crippen LogP contribution >= 0.6 is 0 Å². The van der Waals surface area contributed by atoms with Gasteiger partial charge in [0.15, 0.2) is 0 Å². The Labute approximate surface area is 109 Å². The number of likely N-dealkylation sites (tertiary alicyclic amines) is 1. The van der Waals surface area contributed by atoms with E-state index in [0.29, 0.717) is 18.4 Å². The molecule has 0 spiro atoms. The number of nitrogens with zero attached hydrogens (tertiary/aromatic N) is 1. The first-order chi connectivity index (χ1) is 8.51. The molecule has 1 aliphatic carbocycles. The van der Waals surface area contributed by atoms with E-state index in [4.69, 9.17) is 5.11 Å². The number of piperidine rings is 1. The lowest BCUT2D eigenvalue weighted by molar-refractivity contribution is -0.137. The van der Waals surface area contributed by atoms with Crippen molar-refractivity contribution in [1.82, 2.24) is 4.90 Å². The van der Waals surface area contributed by atoms with Crippen LogP contribution in [-0.2, 0) is 4.79 Å². The van der Waals surface area contributed by atoms with Gasteiger partial charge in [0.2, 0.25) is 0 Å². The molecule has 2 N–H and O–H groups in total. The fraction of sp³-hybridized carbons (Fsp3) is 0.929. The van der Waals surface area contributed by atoms with Crippen molar-refractivity contribution in [3.8, 4) is 0 Å². The lowest BCUT2D eigenvalue weighted by Crippen LogP contribution is -2.55. The second-order valence-corrected chi connectivity index (χ2v) is 6.07. The second-order valence-electron chi connectivity index (χ2n) is 6.07. The van der Waals surface area contributed by atoms with Gasteiger partial charge in [0.1, 0.15) is 0 Å². The smallest absolute Gasteiger partial charge is 0.303 e. The minimum absolute atomic E-state index is 0.243. The molecule has 0 aromatic rings. The van der Waals surface area contributed by atoms with Gasteiger partial charge in [-0.05, 0) is 32.6 Å². The summed E-state index contributed by atoms with van der Waals surface area (Å²) in [6.07, 6.45) is 6.27. The Morgan fingerprint density at radius 1 is 1.44 bits per heavy atom. The van der Waals surface area contributed by atoms with E-state index in [1.54, 1.807) is 0 Å². The van der Waals surface area contributed by atoms with Crippen molar-refractivity contribution in [3.05, 3.63) is 0 Å². The molecular formula is C14H25NO3. The van der Waals surface area contributed by atoms with Gasteiger partial charge >= 0.3 is 5.97 Å². The molecule has 1 heterocycles. The highest BCUT2D eigenvalue weighted by molar-refractivity contribution is 5.66. The summed E-state index contributed by atoms with van der Waals surface area (Å²) in [5.74, 6) is -0.319. The van der Waals surface area contributed by atoms with Crippen molar-refractivity contribution < 1.29 is 15.0 Å². The highest BCUT2D eigenvalue weighted by Crippen LogP contribution is 2.40. The van der Waals surface area contributed by atoms with E-state index in [-0.39, 0.29) is 6.42 Å². The zero-order chi connectivity index (χ0) is 13.2. The maximum atomic E-state index is 10.6. The van der Waals surface area contributed by atoms with E-state index >= 15 is 0 Å². The maximum Gasteiger partial charge on any atom is 0.303 e. The Bertz CT molecular complexity index is 307. The predicted molar refractivity (Wildman–Crippen MR) is 69.4 cm³/mol. The number of carbonyl (C=O) groups is 1. The van der Waals surface area contributed by atoms with E-state index in [9.17, 15) is 9.90 Å². The number of rotatable bonds is 4. The topological polar surface area (TPSA) is 60.8 Å². The summed E-state index contributed by atoms with van der Waals surface area (Å²) in [7, 11) is 0. The lowest BCUT2D eigenvalue weighted by atomic mass is 9.71. The molecule has 3 atom stereocenters. The molecule has 3 unspecified atom stereocenters. The highest BCUT2D eigenvalue weighted by atomic mass is 16.4. The van der Waals surface area contributed by atoms with E-state index in [2.05, 4.69) is 11.8 Å². The number of hydrogen-bond acceptors (Lipinski definition) is 3. The SMILES string of the molecule is CC(CCC(=O)O)N1CCC2(O)CCCCC2C1. The average Bonchev–Trinajstić information content (AvgIpc) is 2.34. The van der Waals surface area contributed by atoms with Crippen LogP contribution in [0.4, 0.5) is 0 Å². The van der Waals surface area contributed by atoms with Crippen LogP contribution in [0, 0.1) is 5.92 Å². The van der Waals surface area contributed by atoms with Crippen molar-refractivity contribution in [2.45, 2.75) is 63.5 Å². The lowest BCUT2D eigenvalue weighted by Gasteiger charge is -2.49. The Morgan fingerprint density at radius 2 is 2.22 bits per heavy atom.